The molecule has 11 heteroatoms. The number of fused-ring (bicyclic) bond motifs is 1. The second-order valence-corrected chi connectivity index (χ2v) is 10.0. The van der Waals surface area contributed by atoms with Gasteiger partial charge in [-0.15, -0.1) is 0 Å². The maximum Gasteiger partial charge on any atom is 0.393 e. The third-order valence-corrected chi connectivity index (χ3v) is 7.37. The van der Waals surface area contributed by atoms with Gasteiger partial charge in [0.15, 0.2) is 0 Å². The fourth-order valence-electron chi connectivity index (χ4n) is 5.28. The molecule has 0 spiro atoms. The number of imide groups is 1. The summed E-state index contributed by atoms with van der Waals surface area (Å²) in [6, 6.07) is 8.97. The zero-order valence-corrected chi connectivity index (χ0v) is 20.1. The zero-order chi connectivity index (χ0) is 26.4. The minimum absolute atomic E-state index is 0.140. The Morgan fingerprint density at radius 1 is 1.03 bits per heavy atom. The largest absolute Gasteiger partial charge is 0.393 e. The van der Waals surface area contributed by atoms with Crippen LogP contribution in [0.25, 0.3) is 0 Å². The van der Waals surface area contributed by atoms with E-state index in [9.17, 15) is 32.7 Å². The number of nitrogens with one attached hydrogen (secondary N) is 1. The number of aliphatic hydroxyl groups is 1. The topological polar surface area (TPSA) is 103 Å². The van der Waals surface area contributed by atoms with E-state index in [1.807, 2.05) is 0 Å². The van der Waals surface area contributed by atoms with Crippen LogP contribution < -0.4 is 5.32 Å². The van der Waals surface area contributed by atoms with E-state index in [1.54, 1.807) is 24.3 Å². The molecular weight excluding hydrogens is 489 g/mol. The van der Waals surface area contributed by atoms with E-state index in [0.29, 0.717) is 49.4 Å². The molecule has 4 heterocycles. The van der Waals surface area contributed by atoms with E-state index in [4.69, 9.17) is 0 Å². The van der Waals surface area contributed by atoms with Gasteiger partial charge in [0.2, 0.25) is 11.8 Å². The highest BCUT2D eigenvalue weighted by Crippen LogP contribution is 2.35. The number of alkyl halides is 3. The van der Waals surface area contributed by atoms with Gasteiger partial charge in [-0.2, -0.15) is 13.2 Å². The van der Waals surface area contributed by atoms with Gasteiger partial charge in [-0.1, -0.05) is 24.3 Å². The normalized spacial score (nSPS) is 22.2. The predicted octanol–water partition coefficient (Wildman–Crippen LogP) is 2.43. The first-order valence-electron chi connectivity index (χ1n) is 12.3. The highest BCUT2D eigenvalue weighted by atomic mass is 19.4. The summed E-state index contributed by atoms with van der Waals surface area (Å²) in [5.41, 5.74) is 1.32. The number of benzene rings is 1. The first-order chi connectivity index (χ1) is 17.5. The summed E-state index contributed by atoms with van der Waals surface area (Å²) in [6.07, 6.45) is -3.92. The van der Waals surface area contributed by atoms with Crippen molar-refractivity contribution in [3.63, 3.8) is 0 Å². The van der Waals surface area contributed by atoms with E-state index in [1.165, 1.54) is 17.0 Å². The number of rotatable bonds is 5. The van der Waals surface area contributed by atoms with Crippen molar-refractivity contribution in [3.05, 3.63) is 64.5 Å². The lowest BCUT2D eigenvalue weighted by Gasteiger charge is -2.38. The van der Waals surface area contributed by atoms with Gasteiger partial charge in [0.05, 0.1) is 29.9 Å². The van der Waals surface area contributed by atoms with Crippen LogP contribution in [0.1, 0.15) is 58.6 Å². The number of pyridine rings is 1. The lowest BCUT2D eigenvalue weighted by Crippen LogP contribution is -2.52. The van der Waals surface area contributed by atoms with Gasteiger partial charge in [-0.05, 0) is 42.5 Å². The summed E-state index contributed by atoms with van der Waals surface area (Å²) in [5.74, 6) is -1.15. The van der Waals surface area contributed by atoms with Crippen molar-refractivity contribution in [1.82, 2.24) is 20.1 Å². The maximum absolute atomic E-state index is 12.9. The molecule has 0 bridgehead atoms. The quantitative estimate of drug-likeness (QED) is 0.592. The van der Waals surface area contributed by atoms with Crippen LogP contribution in [-0.4, -0.2) is 62.9 Å². The van der Waals surface area contributed by atoms with Crippen LogP contribution in [0.15, 0.2) is 36.4 Å². The van der Waals surface area contributed by atoms with Crippen LogP contribution >= 0.6 is 0 Å². The Kier molecular flexibility index (Phi) is 6.53. The molecular formula is C26H27F3N4O4. The monoisotopic (exact) mass is 516 g/mol. The molecule has 3 aliphatic heterocycles. The number of amides is 3. The Bertz CT molecular complexity index is 1220. The fourth-order valence-corrected chi connectivity index (χ4v) is 5.28. The van der Waals surface area contributed by atoms with Crippen LogP contribution in [0.5, 0.6) is 0 Å². The van der Waals surface area contributed by atoms with Crippen molar-refractivity contribution < 1.29 is 32.7 Å². The average molecular weight is 517 g/mol. The Balaban J connectivity index is 1.21. The van der Waals surface area contributed by atoms with Crippen molar-refractivity contribution >= 4 is 17.7 Å². The van der Waals surface area contributed by atoms with Gasteiger partial charge < -0.3 is 10.0 Å². The molecule has 2 fully saturated rings. The van der Waals surface area contributed by atoms with Gasteiger partial charge in [-0.3, -0.25) is 29.6 Å². The number of hydrogen-bond donors (Lipinski definition) is 2. The van der Waals surface area contributed by atoms with E-state index in [-0.39, 0.29) is 36.8 Å². The standard InChI is InChI=1S/C26H27F3N4O4/c27-26(28,29)13-16-1-3-17(4-2-16)14-32-11-9-25(37,10-12-32)21-7-5-18-19(30-21)15-33(24(18)36)20-6-8-22(34)31-23(20)35/h1-5,7,20,37H,6,8-15H2,(H,31,34,35). The van der Waals surface area contributed by atoms with Gasteiger partial charge in [0.1, 0.15) is 11.6 Å². The molecule has 37 heavy (non-hydrogen) atoms. The molecule has 1 unspecified atom stereocenters. The third-order valence-electron chi connectivity index (χ3n) is 7.37. The first-order valence-corrected chi connectivity index (χ1v) is 12.3. The summed E-state index contributed by atoms with van der Waals surface area (Å²) < 4.78 is 37.7. The molecule has 196 valence electrons. The summed E-state index contributed by atoms with van der Waals surface area (Å²) in [7, 11) is 0. The van der Waals surface area contributed by atoms with E-state index >= 15 is 0 Å². The second kappa shape index (κ2) is 9.53. The Morgan fingerprint density at radius 2 is 1.70 bits per heavy atom. The van der Waals surface area contributed by atoms with Gasteiger partial charge >= 0.3 is 6.18 Å². The summed E-state index contributed by atoms with van der Waals surface area (Å²) >= 11 is 0. The number of likely N-dealkylation sites (tertiary alicyclic amines) is 1. The van der Waals surface area contributed by atoms with Gasteiger partial charge in [0, 0.05) is 26.1 Å². The van der Waals surface area contributed by atoms with Crippen molar-refractivity contribution in [2.24, 2.45) is 0 Å². The minimum atomic E-state index is -4.24. The molecule has 1 atom stereocenters. The zero-order valence-electron chi connectivity index (χ0n) is 20.1. The summed E-state index contributed by atoms with van der Waals surface area (Å²) in [5, 5.41) is 13.6. The third kappa shape index (κ3) is 5.37. The molecule has 1 aromatic heterocycles. The molecule has 5 rings (SSSR count). The molecule has 2 N–H and O–H groups in total. The Hall–Kier alpha value is -3.31. The smallest absolute Gasteiger partial charge is 0.383 e. The highest BCUT2D eigenvalue weighted by molar-refractivity contribution is 6.05. The Morgan fingerprint density at radius 3 is 2.35 bits per heavy atom. The number of carbonyl (C=O) groups excluding carboxylic acids is 3. The predicted molar refractivity (Wildman–Crippen MR) is 125 cm³/mol. The van der Waals surface area contributed by atoms with Crippen LogP contribution in [0.4, 0.5) is 13.2 Å². The molecule has 0 radical (unpaired) electrons. The summed E-state index contributed by atoms with van der Waals surface area (Å²) in [4.78, 5) is 44.8. The number of piperidine rings is 2. The second-order valence-electron chi connectivity index (χ2n) is 10.0. The van der Waals surface area contributed by atoms with Crippen LogP contribution in [-0.2, 0) is 34.7 Å². The lowest BCUT2D eigenvalue weighted by atomic mass is 9.87. The van der Waals surface area contributed by atoms with Crippen molar-refractivity contribution in [1.29, 1.82) is 0 Å². The molecule has 3 aliphatic rings. The van der Waals surface area contributed by atoms with Crippen LogP contribution in [0.2, 0.25) is 0 Å². The number of nitrogens with zero attached hydrogens (tertiary/aromatic N) is 3. The van der Waals surface area contributed by atoms with Crippen molar-refractivity contribution in [2.75, 3.05) is 13.1 Å². The van der Waals surface area contributed by atoms with Crippen LogP contribution in [0.3, 0.4) is 0 Å². The average Bonchev–Trinajstić information content (AvgIpc) is 3.16. The molecule has 3 amide bonds. The van der Waals surface area contributed by atoms with Gasteiger partial charge in [0.25, 0.3) is 5.91 Å². The first kappa shape index (κ1) is 25.3. The number of hydrogen-bond acceptors (Lipinski definition) is 6. The SMILES string of the molecule is O=C1CCC(N2Cc3nc(C4(O)CCN(Cc5ccc(CC(F)(F)F)cc5)CC4)ccc3C2=O)C(=O)N1. The molecule has 1 aromatic carbocycles. The number of halogens is 3. The van der Waals surface area contributed by atoms with Crippen LogP contribution in [0, 0.1) is 0 Å². The van der Waals surface area contributed by atoms with E-state index in [0.717, 1.165) is 5.56 Å². The van der Waals surface area contributed by atoms with Crippen molar-refractivity contribution in [2.45, 2.75) is 63.0 Å². The number of aromatic nitrogens is 1. The van der Waals surface area contributed by atoms with E-state index in [2.05, 4.69) is 15.2 Å². The van der Waals surface area contributed by atoms with E-state index < -0.39 is 30.1 Å². The molecule has 2 aromatic rings. The Labute approximate surface area is 211 Å². The maximum atomic E-state index is 12.9. The number of carbonyl (C=O) groups is 3. The molecule has 8 nitrogen and oxygen atoms in total. The molecule has 0 saturated carbocycles. The lowest BCUT2D eigenvalue weighted by molar-refractivity contribution is -0.137. The van der Waals surface area contributed by atoms with Gasteiger partial charge in [-0.25, -0.2) is 0 Å². The highest BCUT2D eigenvalue weighted by Gasteiger charge is 2.41. The van der Waals surface area contributed by atoms with Crippen molar-refractivity contribution in [3.8, 4) is 0 Å². The molecule has 2 saturated heterocycles. The summed E-state index contributed by atoms with van der Waals surface area (Å²) in [6.45, 7) is 1.85. The fraction of sp³-hybridized carbons (Fsp3) is 0.462. The minimum Gasteiger partial charge on any atom is -0.383 e. The molecule has 0 aliphatic carbocycles.